The molecule has 3 rings (SSSR count). The van der Waals surface area contributed by atoms with Crippen LogP contribution >= 0.6 is 11.6 Å². The van der Waals surface area contributed by atoms with E-state index in [9.17, 15) is 14.4 Å². The zero-order valence-electron chi connectivity index (χ0n) is 15.7. The summed E-state index contributed by atoms with van der Waals surface area (Å²) >= 11 is 6.24. The summed E-state index contributed by atoms with van der Waals surface area (Å²) in [4.78, 5) is 38.9. The van der Waals surface area contributed by atoms with E-state index in [1.54, 1.807) is 29.7 Å². The number of hydrogen-bond donors (Lipinski definition) is 0. The van der Waals surface area contributed by atoms with Crippen LogP contribution in [-0.2, 0) is 9.53 Å². The highest BCUT2D eigenvalue weighted by molar-refractivity contribution is 6.32. The maximum absolute atomic E-state index is 12.4. The number of fused-ring (bicyclic) bond motifs is 1. The van der Waals surface area contributed by atoms with E-state index < -0.39 is 5.63 Å². The molecule has 1 aromatic heterocycles. The summed E-state index contributed by atoms with van der Waals surface area (Å²) in [5.41, 5.74) is 0.629. The van der Waals surface area contributed by atoms with Crippen molar-refractivity contribution in [1.29, 1.82) is 0 Å². The number of rotatable bonds is 4. The maximum atomic E-state index is 12.4. The topological polar surface area (TPSA) is 89.3 Å². The summed E-state index contributed by atoms with van der Waals surface area (Å²) < 4.78 is 15.7. The molecule has 2 aromatic rings. The summed E-state index contributed by atoms with van der Waals surface area (Å²) in [6.07, 6.45) is -0.370. The molecule has 0 aliphatic carbocycles. The highest BCUT2D eigenvalue weighted by atomic mass is 35.5. The molecule has 28 heavy (non-hydrogen) atoms. The van der Waals surface area contributed by atoms with Gasteiger partial charge < -0.3 is 23.7 Å². The van der Waals surface area contributed by atoms with E-state index >= 15 is 0 Å². The lowest BCUT2D eigenvalue weighted by atomic mass is 10.1. The average molecular weight is 409 g/mol. The molecule has 1 aliphatic rings. The lowest BCUT2D eigenvalue weighted by Gasteiger charge is -2.34. The van der Waals surface area contributed by atoms with Gasteiger partial charge >= 0.3 is 11.7 Å². The van der Waals surface area contributed by atoms with E-state index in [4.69, 9.17) is 25.5 Å². The molecule has 0 bridgehead atoms. The van der Waals surface area contributed by atoms with Gasteiger partial charge in [0.2, 0.25) is 0 Å². The fourth-order valence-electron chi connectivity index (χ4n) is 3.01. The number of piperazine rings is 1. The number of halogens is 1. The predicted octanol–water partition coefficient (Wildman–Crippen LogP) is 2.43. The van der Waals surface area contributed by atoms with E-state index in [0.717, 1.165) is 5.56 Å². The largest absolute Gasteiger partial charge is 0.482 e. The van der Waals surface area contributed by atoms with Crippen LogP contribution in [0, 0.1) is 6.92 Å². The molecule has 1 saturated heterocycles. The highest BCUT2D eigenvalue weighted by Gasteiger charge is 2.25. The van der Waals surface area contributed by atoms with E-state index in [1.165, 1.54) is 12.1 Å². The van der Waals surface area contributed by atoms with E-state index in [2.05, 4.69) is 0 Å². The smallest absolute Gasteiger partial charge is 0.409 e. The molecule has 0 atom stereocenters. The van der Waals surface area contributed by atoms with Gasteiger partial charge in [0, 0.05) is 43.7 Å². The molecule has 0 unspecified atom stereocenters. The summed E-state index contributed by atoms with van der Waals surface area (Å²) in [6.45, 7) is 5.27. The monoisotopic (exact) mass is 408 g/mol. The number of carbonyl (C=O) groups excluding carboxylic acids is 2. The Labute approximate surface area is 166 Å². The van der Waals surface area contributed by atoms with Crippen molar-refractivity contribution in [2.45, 2.75) is 13.8 Å². The van der Waals surface area contributed by atoms with Gasteiger partial charge in [0.1, 0.15) is 11.3 Å². The Morgan fingerprint density at radius 3 is 2.50 bits per heavy atom. The summed E-state index contributed by atoms with van der Waals surface area (Å²) in [7, 11) is 0. The number of benzene rings is 1. The fraction of sp³-hybridized carbons (Fsp3) is 0.421. The molecule has 0 N–H and O–H groups in total. The number of carbonyl (C=O) groups is 2. The maximum Gasteiger partial charge on any atom is 0.409 e. The van der Waals surface area contributed by atoms with E-state index in [1.807, 2.05) is 0 Å². The van der Waals surface area contributed by atoms with E-state index in [-0.39, 0.29) is 24.4 Å². The first kappa shape index (κ1) is 20.0. The van der Waals surface area contributed by atoms with Crippen molar-refractivity contribution in [3.8, 4) is 5.75 Å². The lowest BCUT2D eigenvalue weighted by Crippen LogP contribution is -2.51. The zero-order valence-corrected chi connectivity index (χ0v) is 16.5. The lowest BCUT2D eigenvalue weighted by molar-refractivity contribution is -0.134. The van der Waals surface area contributed by atoms with Crippen LogP contribution in [0.1, 0.15) is 12.5 Å². The van der Waals surface area contributed by atoms with Gasteiger partial charge in [-0.25, -0.2) is 9.59 Å². The highest BCUT2D eigenvalue weighted by Crippen LogP contribution is 2.31. The molecule has 0 saturated carbocycles. The van der Waals surface area contributed by atoms with Crippen LogP contribution in [0.2, 0.25) is 5.02 Å². The van der Waals surface area contributed by atoms with Gasteiger partial charge in [0.15, 0.2) is 6.61 Å². The van der Waals surface area contributed by atoms with Gasteiger partial charge in [-0.1, -0.05) is 11.6 Å². The summed E-state index contributed by atoms with van der Waals surface area (Å²) in [5.74, 6) is 0.0480. The van der Waals surface area contributed by atoms with Crippen LogP contribution in [0.3, 0.4) is 0 Å². The first-order chi connectivity index (χ1) is 13.4. The molecule has 8 nitrogen and oxygen atoms in total. The molecule has 1 fully saturated rings. The zero-order chi connectivity index (χ0) is 20.3. The minimum absolute atomic E-state index is 0.208. The third-order valence-electron chi connectivity index (χ3n) is 4.51. The first-order valence-electron chi connectivity index (χ1n) is 8.95. The van der Waals surface area contributed by atoms with Gasteiger partial charge in [0.05, 0.1) is 11.6 Å². The van der Waals surface area contributed by atoms with Crippen LogP contribution in [0.25, 0.3) is 11.0 Å². The van der Waals surface area contributed by atoms with Gasteiger partial charge in [-0.2, -0.15) is 0 Å². The second-order valence-corrected chi connectivity index (χ2v) is 6.79. The molecule has 2 amide bonds. The third kappa shape index (κ3) is 4.39. The van der Waals surface area contributed by atoms with Crippen LogP contribution in [-0.4, -0.2) is 61.2 Å². The van der Waals surface area contributed by atoms with Crippen molar-refractivity contribution < 1.29 is 23.5 Å². The minimum Gasteiger partial charge on any atom is -0.482 e. The van der Waals surface area contributed by atoms with Crippen molar-refractivity contribution in [1.82, 2.24) is 9.80 Å². The molecule has 0 radical (unpaired) electrons. The third-order valence-corrected chi connectivity index (χ3v) is 4.81. The van der Waals surface area contributed by atoms with Gasteiger partial charge in [-0.05, 0) is 25.5 Å². The second kappa shape index (κ2) is 8.52. The number of nitrogens with zero attached hydrogens (tertiary/aromatic N) is 2. The Balaban J connectivity index is 1.61. The number of hydrogen-bond acceptors (Lipinski definition) is 6. The van der Waals surface area contributed by atoms with Crippen molar-refractivity contribution >= 4 is 34.6 Å². The molecule has 2 heterocycles. The second-order valence-electron chi connectivity index (χ2n) is 6.38. The average Bonchev–Trinajstić information content (AvgIpc) is 2.67. The first-order valence-corrected chi connectivity index (χ1v) is 9.33. The fourth-order valence-corrected chi connectivity index (χ4v) is 3.23. The number of aryl methyl sites for hydroxylation is 1. The minimum atomic E-state index is -0.464. The number of amides is 2. The Kier molecular flexibility index (Phi) is 6.08. The van der Waals surface area contributed by atoms with Crippen molar-refractivity contribution in [3.05, 3.63) is 39.2 Å². The van der Waals surface area contributed by atoms with Gasteiger partial charge in [-0.3, -0.25) is 4.79 Å². The molecule has 0 spiro atoms. The Morgan fingerprint density at radius 2 is 1.82 bits per heavy atom. The predicted molar refractivity (Wildman–Crippen MR) is 103 cm³/mol. The molecule has 150 valence electrons. The molecule has 1 aliphatic heterocycles. The molecule has 9 heteroatoms. The molecule has 1 aromatic carbocycles. The molecular formula is C19H21ClN2O6. The van der Waals surface area contributed by atoms with Gasteiger partial charge in [0.25, 0.3) is 5.91 Å². The van der Waals surface area contributed by atoms with Crippen molar-refractivity contribution in [2.75, 3.05) is 39.4 Å². The van der Waals surface area contributed by atoms with Crippen LogP contribution in [0.5, 0.6) is 5.75 Å². The SMILES string of the molecule is CCOC(=O)N1CCN(C(=O)COc2cc3oc(=O)cc(C)c3cc2Cl)CC1. The van der Waals surface area contributed by atoms with Crippen LogP contribution in [0.15, 0.2) is 27.4 Å². The quantitative estimate of drug-likeness (QED) is 0.722. The normalized spacial score (nSPS) is 14.2. The van der Waals surface area contributed by atoms with Crippen LogP contribution < -0.4 is 10.4 Å². The Bertz CT molecular complexity index is 949. The van der Waals surface area contributed by atoms with Crippen molar-refractivity contribution in [3.63, 3.8) is 0 Å². The Morgan fingerprint density at radius 1 is 1.14 bits per heavy atom. The number of ether oxygens (including phenoxy) is 2. The Hall–Kier alpha value is -2.74. The summed E-state index contributed by atoms with van der Waals surface area (Å²) in [6, 6.07) is 4.55. The van der Waals surface area contributed by atoms with Crippen LogP contribution in [0.4, 0.5) is 4.79 Å². The molecular weight excluding hydrogens is 388 g/mol. The van der Waals surface area contributed by atoms with E-state index in [0.29, 0.717) is 48.8 Å². The standard InChI is InChI=1S/C19H21ClN2O6/c1-3-26-19(25)22-6-4-21(5-7-22)17(23)11-27-16-10-15-13(9-14(16)20)12(2)8-18(24)28-15/h8-10H,3-7,11H2,1-2H3. The summed E-state index contributed by atoms with van der Waals surface area (Å²) in [5, 5.41) is 1.03. The van der Waals surface area contributed by atoms with Crippen molar-refractivity contribution in [2.24, 2.45) is 0 Å². The van der Waals surface area contributed by atoms with Gasteiger partial charge in [-0.15, -0.1) is 0 Å².